The number of hydrogen-bond donors (Lipinski definition) is 2. The summed E-state index contributed by atoms with van der Waals surface area (Å²) in [5, 5.41) is 13.9. The summed E-state index contributed by atoms with van der Waals surface area (Å²) in [5.41, 5.74) is 3.84. The highest BCUT2D eigenvalue weighted by Crippen LogP contribution is 2.32. The Morgan fingerprint density at radius 1 is 1.03 bits per heavy atom. The number of Topliss-reactive ketones (excluding diaryl/α,β-unsaturated/α-hetero) is 1. The van der Waals surface area contributed by atoms with Gasteiger partial charge in [-0.3, -0.25) is 14.2 Å². The van der Waals surface area contributed by atoms with Crippen LogP contribution in [0.3, 0.4) is 0 Å². The third-order valence-corrected chi connectivity index (χ3v) is 6.61. The number of nitrogens with zero attached hydrogens (tertiary/aromatic N) is 3. The second-order valence-corrected chi connectivity index (χ2v) is 9.22. The normalized spacial score (nSPS) is 11.0. The number of nitrogens with one attached hydrogen (secondary N) is 2. The van der Waals surface area contributed by atoms with E-state index in [0.29, 0.717) is 27.3 Å². The van der Waals surface area contributed by atoms with Crippen LogP contribution in [0.1, 0.15) is 17.3 Å². The smallest absolute Gasteiger partial charge is 0.234 e. The number of anilines is 1. The Morgan fingerprint density at radius 3 is 2.63 bits per heavy atom. The molecule has 35 heavy (non-hydrogen) atoms. The molecule has 0 bridgehead atoms. The van der Waals surface area contributed by atoms with E-state index >= 15 is 0 Å². The first-order valence-electron chi connectivity index (χ1n) is 10.8. The zero-order valence-electron chi connectivity index (χ0n) is 18.7. The molecule has 0 atom stereocenters. The number of ketones is 1. The first kappa shape index (κ1) is 22.9. The molecule has 174 valence electrons. The van der Waals surface area contributed by atoms with Gasteiger partial charge in [-0.15, -0.1) is 10.2 Å². The van der Waals surface area contributed by atoms with Gasteiger partial charge in [0.2, 0.25) is 5.91 Å². The van der Waals surface area contributed by atoms with Crippen molar-refractivity contribution in [2.24, 2.45) is 0 Å². The summed E-state index contributed by atoms with van der Waals surface area (Å²) in [5.74, 6) is 0.498. The first-order valence-corrected chi connectivity index (χ1v) is 12.2. The largest absolute Gasteiger partial charge is 0.360 e. The van der Waals surface area contributed by atoms with Gasteiger partial charge in [0.05, 0.1) is 5.75 Å². The van der Waals surface area contributed by atoms with Crippen molar-refractivity contribution in [3.8, 4) is 17.1 Å². The Bertz CT molecular complexity index is 1540. The lowest BCUT2D eigenvalue weighted by Crippen LogP contribution is -2.15. The van der Waals surface area contributed by atoms with Crippen LogP contribution in [0.15, 0.2) is 84.1 Å². The summed E-state index contributed by atoms with van der Waals surface area (Å²) in [6, 6.07) is 22.2. The van der Waals surface area contributed by atoms with Crippen LogP contribution in [0.5, 0.6) is 0 Å². The molecule has 0 aliphatic carbocycles. The van der Waals surface area contributed by atoms with Gasteiger partial charge in [-0.2, -0.15) is 0 Å². The van der Waals surface area contributed by atoms with Gasteiger partial charge >= 0.3 is 0 Å². The molecule has 0 saturated carbocycles. The first-order chi connectivity index (χ1) is 17.0. The minimum Gasteiger partial charge on any atom is -0.360 e. The van der Waals surface area contributed by atoms with E-state index in [9.17, 15) is 9.59 Å². The van der Waals surface area contributed by atoms with Crippen LogP contribution in [0.25, 0.3) is 28.0 Å². The summed E-state index contributed by atoms with van der Waals surface area (Å²) >= 11 is 7.39. The number of amides is 1. The molecule has 2 aromatic heterocycles. The van der Waals surface area contributed by atoms with E-state index in [1.54, 1.807) is 36.4 Å². The number of hydrogen-bond acceptors (Lipinski definition) is 5. The molecule has 0 fully saturated rings. The predicted octanol–water partition coefficient (Wildman–Crippen LogP) is 6.00. The van der Waals surface area contributed by atoms with Gasteiger partial charge in [-0.1, -0.05) is 53.7 Å². The molecule has 0 unspecified atom stereocenters. The lowest BCUT2D eigenvalue weighted by atomic mass is 10.1. The summed E-state index contributed by atoms with van der Waals surface area (Å²) in [4.78, 5) is 27.6. The highest BCUT2D eigenvalue weighted by atomic mass is 35.5. The van der Waals surface area contributed by atoms with E-state index in [-0.39, 0.29) is 17.4 Å². The number of thioether (sulfide) groups is 1. The topological polar surface area (TPSA) is 92.7 Å². The second kappa shape index (κ2) is 9.77. The van der Waals surface area contributed by atoms with E-state index in [1.807, 2.05) is 47.2 Å². The number of aromatic amines is 1. The van der Waals surface area contributed by atoms with Crippen molar-refractivity contribution in [2.45, 2.75) is 12.1 Å². The second-order valence-electron chi connectivity index (χ2n) is 7.84. The molecule has 5 rings (SSSR count). The molecule has 0 aliphatic heterocycles. The minimum absolute atomic E-state index is 0.0589. The van der Waals surface area contributed by atoms with Crippen LogP contribution in [-0.2, 0) is 4.79 Å². The molecule has 9 heteroatoms. The number of halogens is 1. The Labute approximate surface area is 210 Å². The fraction of sp³-hybridized carbons (Fsp3) is 0.0769. The molecule has 0 spiro atoms. The van der Waals surface area contributed by atoms with Gasteiger partial charge in [-0.05, 0) is 49.4 Å². The molecule has 7 nitrogen and oxygen atoms in total. The summed E-state index contributed by atoms with van der Waals surface area (Å²) in [7, 11) is 0. The van der Waals surface area contributed by atoms with Crippen molar-refractivity contribution < 1.29 is 9.59 Å². The predicted molar refractivity (Wildman–Crippen MR) is 139 cm³/mol. The Kier molecular flexibility index (Phi) is 6.39. The average Bonchev–Trinajstić information content (AvgIpc) is 3.47. The lowest BCUT2D eigenvalue weighted by Gasteiger charge is -2.10. The zero-order chi connectivity index (χ0) is 24.4. The number of H-pyrrole nitrogens is 1. The SMILES string of the molecule is CC(=O)c1cccc(NC(=O)CSc2nnc(-c3c[nH]c4ccccc34)n2-c2ccc(Cl)cc2)c1. The fourth-order valence-electron chi connectivity index (χ4n) is 3.76. The van der Waals surface area contributed by atoms with Crippen LogP contribution < -0.4 is 5.32 Å². The Balaban J connectivity index is 1.44. The number of para-hydroxylation sites is 1. The van der Waals surface area contributed by atoms with Crippen LogP contribution in [0, 0.1) is 0 Å². The fourth-order valence-corrected chi connectivity index (χ4v) is 4.64. The number of carbonyl (C=O) groups excluding carboxylic acids is 2. The van der Waals surface area contributed by atoms with Crippen molar-refractivity contribution in [2.75, 3.05) is 11.1 Å². The summed E-state index contributed by atoms with van der Waals surface area (Å²) in [6.45, 7) is 1.49. The van der Waals surface area contributed by atoms with Gasteiger partial charge in [0, 0.05) is 44.6 Å². The van der Waals surface area contributed by atoms with Crippen molar-refractivity contribution in [1.29, 1.82) is 0 Å². The third kappa shape index (κ3) is 4.84. The molecule has 1 amide bonds. The van der Waals surface area contributed by atoms with Crippen molar-refractivity contribution >= 4 is 51.6 Å². The quantitative estimate of drug-likeness (QED) is 0.211. The third-order valence-electron chi connectivity index (χ3n) is 5.43. The number of carbonyl (C=O) groups is 2. The maximum atomic E-state index is 12.7. The maximum Gasteiger partial charge on any atom is 0.234 e. The van der Waals surface area contributed by atoms with E-state index in [4.69, 9.17) is 11.6 Å². The van der Waals surface area contributed by atoms with Crippen LogP contribution in [-0.4, -0.2) is 37.2 Å². The van der Waals surface area contributed by atoms with Crippen LogP contribution in [0.2, 0.25) is 5.02 Å². The van der Waals surface area contributed by atoms with E-state index in [1.165, 1.54) is 18.7 Å². The molecule has 0 radical (unpaired) electrons. The molecule has 0 saturated heterocycles. The highest BCUT2D eigenvalue weighted by Gasteiger charge is 2.20. The molecule has 0 aliphatic rings. The molecule has 5 aromatic rings. The lowest BCUT2D eigenvalue weighted by molar-refractivity contribution is -0.113. The molecule has 2 heterocycles. The molecule has 2 N–H and O–H groups in total. The van der Waals surface area contributed by atoms with Gasteiger partial charge < -0.3 is 10.3 Å². The molecule has 3 aromatic carbocycles. The van der Waals surface area contributed by atoms with E-state index in [0.717, 1.165) is 22.2 Å². The minimum atomic E-state index is -0.213. The zero-order valence-corrected chi connectivity index (χ0v) is 20.2. The van der Waals surface area contributed by atoms with Crippen LogP contribution in [0.4, 0.5) is 5.69 Å². The summed E-state index contributed by atoms with van der Waals surface area (Å²) in [6.07, 6.45) is 1.91. The number of aromatic nitrogens is 4. The standard InChI is InChI=1S/C26H20ClN5O2S/c1-16(33)17-5-4-6-19(13-17)29-24(34)15-35-26-31-30-25(32(26)20-11-9-18(27)10-12-20)22-14-28-23-8-3-2-7-21(22)23/h2-14,28H,15H2,1H3,(H,29,34). The molecular weight excluding hydrogens is 482 g/mol. The molecular formula is C26H20ClN5O2S. The highest BCUT2D eigenvalue weighted by molar-refractivity contribution is 7.99. The Hall–Kier alpha value is -3.88. The van der Waals surface area contributed by atoms with Crippen molar-refractivity contribution in [3.05, 3.63) is 89.6 Å². The number of benzene rings is 3. The van der Waals surface area contributed by atoms with Gasteiger partial charge in [0.15, 0.2) is 16.8 Å². The van der Waals surface area contributed by atoms with Crippen molar-refractivity contribution in [3.63, 3.8) is 0 Å². The van der Waals surface area contributed by atoms with E-state index < -0.39 is 0 Å². The van der Waals surface area contributed by atoms with Gasteiger partial charge in [-0.25, -0.2) is 0 Å². The Morgan fingerprint density at radius 2 is 1.83 bits per heavy atom. The van der Waals surface area contributed by atoms with Gasteiger partial charge in [0.25, 0.3) is 0 Å². The van der Waals surface area contributed by atoms with Gasteiger partial charge in [0.1, 0.15) is 0 Å². The van der Waals surface area contributed by atoms with Crippen molar-refractivity contribution in [1.82, 2.24) is 19.7 Å². The maximum absolute atomic E-state index is 12.7. The number of rotatable bonds is 7. The number of fused-ring (bicyclic) bond motifs is 1. The van der Waals surface area contributed by atoms with E-state index in [2.05, 4.69) is 20.5 Å². The van der Waals surface area contributed by atoms with Crippen LogP contribution >= 0.6 is 23.4 Å². The summed E-state index contributed by atoms with van der Waals surface area (Å²) < 4.78 is 1.92. The average molecular weight is 502 g/mol. The monoisotopic (exact) mass is 501 g/mol.